The van der Waals surface area contributed by atoms with Gasteiger partial charge in [-0.05, 0) is 34.6 Å². The van der Waals surface area contributed by atoms with Gasteiger partial charge in [0, 0.05) is 61.7 Å². The van der Waals surface area contributed by atoms with Gasteiger partial charge in [0.15, 0.2) is 31.3 Å². The summed E-state index contributed by atoms with van der Waals surface area (Å²) in [6.07, 6.45) is -11.4. The molecule has 20 atom stereocenters. The van der Waals surface area contributed by atoms with E-state index in [4.69, 9.17) is 71.1 Å². The summed E-state index contributed by atoms with van der Waals surface area (Å²) in [7, 11) is 7.76. The Morgan fingerprint density at radius 2 is 0.964 bits per heavy atom. The lowest BCUT2D eigenvalue weighted by Gasteiger charge is -2.48. The molecule has 5 rings (SSSR count). The van der Waals surface area contributed by atoms with Crippen LogP contribution in [0.1, 0.15) is 67.2 Å². The molecule has 0 aromatic rings. The summed E-state index contributed by atoms with van der Waals surface area (Å²) in [4.78, 5) is 23.9. The fourth-order valence-corrected chi connectivity index (χ4v) is 8.23. The minimum atomic E-state index is -1.06. The van der Waals surface area contributed by atoms with E-state index in [0.717, 1.165) is 0 Å². The quantitative estimate of drug-likeness (QED) is 0.248. The molecule has 0 spiro atoms. The van der Waals surface area contributed by atoms with Crippen LogP contribution in [0.5, 0.6) is 0 Å². The van der Waals surface area contributed by atoms with Crippen molar-refractivity contribution in [3.63, 3.8) is 0 Å². The SMILES string of the molecule is CO[C@@H]1[C@H](O)[C@H](C)O[C@H](O[C@H]2[C@H](C)O[C@H](O[C@H]3[C@H](C)O[C@H](O[C@H]4[C@H](C)O[C@H](O[C@H]5[C@H](C)OC(=O)C[C@@H]5OC)C[C@H]4OC)C[C@H]3OC)C[C@H]2OC)[C@H]1OC(C)=O. The standard InChI is InChI=1S/C37H62O18/c1-16-30(40)35(45-11)36(51-21(6)38)37(50-16)55-34-20(5)49-29(15-25(34)44-10)54-33-19(4)48-28(14-24(33)43-9)53-32-18(3)47-27(13-23(32)42-8)52-31-17(2)46-26(39)12-22(31)41-7/h16-20,22-25,27-37,40H,12-15H2,1-11H3/t16-,17-,18-,19-,20-,22-,23+,24+,25+,27+,28+,29+,30+,31-,32-,33-,34-,35+,36-,37+/m0/s1. The summed E-state index contributed by atoms with van der Waals surface area (Å²) in [6, 6.07) is 0. The van der Waals surface area contributed by atoms with E-state index in [0.29, 0.717) is 19.3 Å². The zero-order valence-electron chi connectivity index (χ0n) is 33.8. The van der Waals surface area contributed by atoms with Gasteiger partial charge in [-0.25, -0.2) is 0 Å². The molecule has 0 amide bonds. The van der Waals surface area contributed by atoms with Crippen LogP contribution in [0.2, 0.25) is 0 Å². The Balaban J connectivity index is 1.17. The molecule has 1 N–H and O–H groups in total. The highest BCUT2D eigenvalue weighted by atomic mass is 16.8. The summed E-state index contributed by atoms with van der Waals surface area (Å²) in [5.74, 6) is -0.899. The van der Waals surface area contributed by atoms with Crippen LogP contribution in [0.15, 0.2) is 0 Å². The minimum Gasteiger partial charge on any atom is -0.460 e. The molecule has 5 fully saturated rings. The number of aliphatic hydroxyl groups is 1. The third kappa shape index (κ3) is 10.5. The lowest BCUT2D eigenvalue weighted by molar-refractivity contribution is -0.356. The van der Waals surface area contributed by atoms with Crippen LogP contribution in [0, 0.1) is 0 Å². The number of esters is 2. The number of carbonyl (C=O) groups excluding carboxylic acids is 2. The average molecular weight is 795 g/mol. The van der Waals surface area contributed by atoms with E-state index in [2.05, 4.69) is 0 Å². The number of hydrogen-bond acceptors (Lipinski definition) is 18. The molecule has 0 aliphatic carbocycles. The third-order valence-corrected chi connectivity index (χ3v) is 11.1. The third-order valence-electron chi connectivity index (χ3n) is 11.1. The molecule has 18 nitrogen and oxygen atoms in total. The maximum Gasteiger partial charge on any atom is 0.308 e. The Labute approximate surface area is 323 Å². The predicted molar refractivity (Wildman–Crippen MR) is 186 cm³/mol. The van der Waals surface area contributed by atoms with Crippen molar-refractivity contribution in [2.24, 2.45) is 0 Å². The molecule has 0 unspecified atom stereocenters. The lowest BCUT2D eigenvalue weighted by atomic mass is 9.97. The van der Waals surface area contributed by atoms with E-state index >= 15 is 0 Å². The number of aliphatic hydroxyl groups excluding tert-OH is 1. The molecular formula is C37H62O18. The van der Waals surface area contributed by atoms with Crippen LogP contribution in [-0.4, -0.2) is 175 Å². The highest BCUT2D eigenvalue weighted by Crippen LogP contribution is 2.36. The Morgan fingerprint density at radius 1 is 0.545 bits per heavy atom. The van der Waals surface area contributed by atoms with Crippen molar-refractivity contribution in [3.05, 3.63) is 0 Å². The van der Waals surface area contributed by atoms with E-state index in [1.165, 1.54) is 14.0 Å². The smallest absolute Gasteiger partial charge is 0.308 e. The molecule has 0 saturated carbocycles. The number of rotatable bonds is 14. The second-order valence-corrected chi connectivity index (χ2v) is 14.9. The first kappa shape index (κ1) is 44.5. The highest BCUT2D eigenvalue weighted by molar-refractivity contribution is 5.71. The first-order chi connectivity index (χ1) is 26.2. The Morgan fingerprint density at radius 3 is 1.36 bits per heavy atom. The molecule has 0 aromatic heterocycles. The Bertz CT molecular complexity index is 1230. The predicted octanol–water partition coefficient (Wildman–Crippen LogP) is 1.38. The van der Waals surface area contributed by atoms with Gasteiger partial charge in [-0.3, -0.25) is 9.59 Å². The topological polar surface area (TPSA) is 193 Å². The van der Waals surface area contributed by atoms with Gasteiger partial charge < -0.3 is 76.2 Å². The van der Waals surface area contributed by atoms with Gasteiger partial charge in [0.05, 0.1) is 55.3 Å². The van der Waals surface area contributed by atoms with E-state index < -0.39 is 123 Å². The number of cyclic esters (lactones) is 1. The normalized spacial score (nSPS) is 46.9. The Hall–Kier alpha value is -1.62. The molecule has 0 aromatic carbocycles. The molecule has 55 heavy (non-hydrogen) atoms. The highest BCUT2D eigenvalue weighted by Gasteiger charge is 2.51. The van der Waals surface area contributed by atoms with Gasteiger partial charge in [-0.15, -0.1) is 0 Å². The van der Waals surface area contributed by atoms with E-state index in [9.17, 15) is 14.7 Å². The summed E-state index contributed by atoms with van der Waals surface area (Å²) >= 11 is 0. The van der Waals surface area contributed by atoms with Gasteiger partial charge in [-0.1, -0.05) is 0 Å². The largest absolute Gasteiger partial charge is 0.460 e. The second kappa shape index (κ2) is 19.9. The molecular weight excluding hydrogens is 732 g/mol. The zero-order chi connectivity index (χ0) is 40.1. The minimum absolute atomic E-state index is 0.0976. The number of carbonyl (C=O) groups is 2. The van der Waals surface area contributed by atoms with Crippen LogP contribution in [0.25, 0.3) is 0 Å². The van der Waals surface area contributed by atoms with Crippen LogP contribution >= 0.6 is 0 Å². The molecule has 0 bridgehead atoms. The second-order valence-electron chi connectivity index (χ2n) is 14.9. The fourth-order valence-electron chi connectivity index (χ4n) is 8.23. The number of methoxy groups -OCH3 is 5. The fraction of sp³-hybridized carbons (Fsp3) is 0.946. The van der Waals surface area contributed by atoms with Crippen molar-refractivity contribution in [1.29, 1.82) is 0 Å². The number of hydrogen-bond donors (Lipinski definition) is 1. The molecule has 0 radical (unpaired) electrons. The van der Waals surface area contributed by atoms with Gasteiger partial charge >= 0.3 is 11.9 Å². The molecule has 5 aliphatic rings. The van der Waals surface area contributed by atoms with E-state index in [1.54, 1.807) is 42.3 Å². The van der Waals surface area contributed by atoms with E-state index in [-0.39, 0.29) is 18.5 Å². The summed E-state index contributed by atoms with van der Waals surface area (Å²) < 4.78 is 90.2. The summed E-state index contributed by atoms with van der Waals surface area (Å²) in [5, 5.41) is 10.6. The van der Waals surface area contributed by atoms with Crippen molar-refractivity contribution < 1.29 is 85.7 Å². The van der Waals surface area contributed by atoms with Crippen molar-refractivity contribution in [1.82, 2.24) is 0 Å². The van der Waals surface area contributed by atoms with Crippen LogP contribution in [0.3, 0.4) is 0 Å². The first-order valence-corrected chi connectivity index (χ1v) is 19.1. The van der Waals surface area contributed by atoms with Gasteiger partial charge in [0.2, 0.25) is 0 Å². The summed E-state index contributed by atoms with van der Waals surface area (Å²) in [6.45, 7) is 10.3. The van der Waals surface area contributed by atoms with Crippen molar-refractivity contribution >= 4 is 11.9 Å². The molecule has 5 saturated heterocycles. The van der Waals surface area contributed by atoms with Crippen molar-refractivity contribution in [2.75, 3.05) is 35.5 Å². The number of ether oxygens (including phenoxy) is 15. The van der Waals surface area contributed by atoms with Crippen LogP contribution in [0.4, 0.5) is 0 Å². The van der Waals surface area contributed by atoms with Gasteiger partial charge in [-0.2, -0.15) is 0 Å². The molecule has 5 heterocycles. The van der Waals surface area contributed by atoms with Crippen LogP contribution in [-0.2, 0) is 80.6 Å². The zero-order valence-corrected chi connectivity index (χ0v) is 33.8. The van der Waals surface area contributed by atoms with Crippen LogP contribution < -0.4 is 0 Å². The average Bonchev–Trinajstić information content (AvgIpc) is 3.13. The van der Waals surface area contributed by atoms with E-state index in [1.807, 2.05) is 20.8 Å². The first-order valence-electron chi connectivity index (χ1n) is 19.1. The molecule has 318 valence electrons. The van der Waals surface area contributed by atoms with Crippen molar-refractivity contribution in [2.45, 2.75) is 190 Å². The molecule has 18 heteroatoms. The maximum atomic E-state index is 12.0. The van der Waals surface area contributed by atoms with Gasteiger partial charge in [0.1, 0.15) is 42.7 Å². The maximum absolute atomic E-state index is 12.0. The Kier molecular flexibility index (Phi) is 16.1. The monoisotopic (exact) mass is 794 g/mol. The summed E-state index contributed by atoms with van der Waals surface area (Å²) in [5.41, 5.74) is 0. The van der Waals surface area contributed by atoms with Crippen molar-refractivity contribution in [3.8, 4) is 0 Å². The van der Waals surface area contributed by atoms with Gasteiger partial charge in [0.25, 0.3) is 0 Å². The lowest BCUT2D eigenvalue weighted by Crippen LogP contribution is -2.62. The molecule has 5 aliphatic heterocycles.